The number of likely N-dealkylation sites (tertiary alicyclic amines) is 1. The summed E-state index contributed by atoms with van der Waals surface area (Å²) in [4.78, 5) is 27.3. The molecule has 7 nitrogen and oxygen atoms in total. The lowest BCUT2D eigenvalue weighted by molar-refractivity contribution is -0.138. The van der Waals surface area contributed by atoms with Crippen molar-refractivity contribution in [1.82, 2.24) is 10.1 Å². The van der Waals surface area contributed by atoms with Crippen LogP contribution >= 0.6 is 0 Å². The third kappa shape index (κ3) is 4.40. The maximum absolute atomic E-state index is 13.0. The molecule has 1 aromatic heterocycles. The Kier molecular flexibility index (Phi) is 5.93. The summed E-state index contributed by atoms with van der Waals surface area (Å²) >= 11 is 0. The Hall–Kier alpha value is -3.35. The number of aromatic nitrogens is 1. The van der Waals surface area contributed by atoms with Crippen molar-refractivity contribution < 1.29 is 23.6 Å². The lowest BCUT2D eigenvalue weighted by Gasteiger charge is -2.21. The topological polar surface area (TPSA) is 81.9 Å². The standard InChI is InChI=1S/C24H26N2O5/c1-15-21(16(2)31-25-15)14-29-22-13-19-9-5-4-8-18(19)12-20(22)24(28)30-17(3)23(27)26-10-6-7-11-26/h4-5,8-9,12-13,17H,6-7,10-11,14H2,1-3H3/t17-/m1/s1. The Labute approximate surface area is 180 Å². The van der Waals surface area contributed by atoms with Crippen molar-refractivity contribution in [3.8, 4) is 5.75 Å². The van der Waals surface area contributed by atoms with Crippen molar-refractivity contribution in [2.24, 2.45) is 0 Å². The van der Waals surface area contributed by atoms with Crippen molar-refractivity contribution in [2.45, 2.75) is 46.3 Å². The maximum atomic E-state index is 13.0. The number of amides is 1. The second kappa shape index (κ2) is 8.79. The van der Waals surface area contributed by atoms with Crippen LogP contribution in [0.25, 0.3) is 10.8 Å². The molecule has 1 saturated heterocycles. The van der Waals surface area contributed by atoms with Crippen molar-refractivity contribution in [3.63, 3.8) is 0 Å². The normalized spacial score (nSPS) is 14.6. The molecule has 4 rings (SSSR count). The highest BCUT2D eigenvalue weighted by molar-refractivity contribution is 5.99. The van der Waals surface area contributed by atoms with Crippen LogP contribution < -0.4 is 4.74 Å². The van der Waals surface area contributed by atoms with Gasteiger partial charge in [-0.15, -0.1) is 0 Å². The van der Waals surface area contributed by atoms with Gasteiger partial charge in [0.15, 0.2) is 6.10 Å². The molecule has 2 heterocycles. The van der Waals surface area contributed by atoms with Crippen molar-refractivity contribution >= 4 is 22.6 Å². The van der Waals surface area contributed by atoms with Crippen LogP contribution in [-0.4, -0.2) is 41.1 Å². The molecule has 1 atom stereocenters. The van der Waals surface area contributed by atoms with Crippen molar-refractivity contribution in [2.75, 3.05) is 13.1 Å². The Morgan fingerprint density at radius 1 is 1.13 bits per heavy atom. The minimum Gasteiger partial charge on any atom is -0.488 e. The molecule has 0 saturated carbocycles. The zero-order valence-corrected chi connectivity index (χ0v) is 18.0. The summed E-state index contributed by atoms with van der Waals surface area (Å²) in [7, 11) is 0. The first kappa shape index (κ1) is 20.9. The molecular formula is C24H26N2O5. The first-order valence-electron chi connectivity index (χ1n) is 10.5. The molecule has 0 N–H and O–H groups in total. The minimum atomic E-state index is -0.854. The Bertz CT molecular complexity index is 1090. The third-order valence-electron chi connectivity index (χ3n) is 5.67. The summed E-state index contributed by atoms with van der Waals surface area (Å²) in [6.07, 6.45) is 1.11. The molecule has 1 aliphatic rings. The molecule has 0 spiro atoms. The highest BCUT2D eigenvalue weighted by Crippen LogP contribution is 2.29. The molecule has 3 aromatic rings. The van der Waals surface area contributed by atoms with E-state index in [1.54, 1.807) is 17.9 Å². The summed E-state index contributed by atoms with van der Waals surface area (Å²) in [5, 5.41) is 5.77. The smallest absolute Gasteiger partial charge is 0.342 e. The lowest BCUT2D eigenvalue weighted by Crippen LogP contribution is -2.38. The van der Waals surface area contributed by atoms with Gasteiger partial charge in [0.1, 0.15) is 23.7 Å². The van der Waals surface area contributed by atoms with E-state index in [1.165, 1.54) is 0 Å². The number of nitrogens with zero attached hydrogens (tertiary/aromatic N) is 2. The van der Waals surface area contributed by atoms with Crippen LogP contribution in [0.4, 0.5) is 0 Å². The predicted octanol–water partition coefficient (Wildman–Crippen LogP) is 4.19. The van der Waals surface area contributed by atoms with E-state index in [1.807, 2.05) is 44.2 Å². The molecule has 162 valence electrons. The van der Waals surface area contributed by atoms with Gasteiger partial charge in [-0.25, -0.2) is 4.79 Å². The van der Waals surface area contributed by atoms with Gasteiger partial charge in [-0.3, -0.25) is 4.79 Å². The molecule has 31 heavy (non-hydrogen) atoms. The minimum absolute atomic E-state index is 0.162. The molecule has 1 aliphatic heterocycles. The zero-order chi connectivity index (χ0) is 22.0. The highest BCUT2D eigenvalue weighted by Gasteiger charge is 2.27. The maximum Gasteiger partial charge on any atom is 0.342 e. The van der Waals surface area contributed by atoms with Gasteiger partial charge in [-0.05, 0) is 56.5 Å². The van der Waals surface area contributed by atoms with Crippen LogP contribution in [0, 0.1) is 13.8 Å². The van der Waals surface area contributed by atoms with E-state index in [4.69, 9.17) is 14.0 Å². The van der Waals surface area contributed by atoms with E-state index in [-0.39, 0.29) is 18.1 Å². The van der Waals surface area contributed by atoms with Crippen LogP contribution in [-0.2, 0) is 16.1 Å². The van der Waals surface area contributed by atoms with Crippen LogP contribution in [0.2, 0.25) is 0 Å². The monoisotopic (exact) mass is 422 g/mol. The van der Waals surface area contributed by atoms with E-state index in [2.05, 4.69) is 5.16 Å². The summed E-state index contributed by atoms with van der Waals surface area (Å²) in [6.45, 7) is 6.91. The van der Waals surface area contributed by atoms with Gasteiger partial charge < -0.3 is 18.9 Å². The average Bonchev–Trinajstić information content (AvgIpc) is 3.41. The quantitative estimate of drug-likeness (QED) is 0.554. The van der Waals surface area contributed by atoms with E-state index in [0.717, 1.165) is 34.9 Å². The molecule has 0 aliphatic carbocycles. The van der Waals surface area contributed by atoms with Gasteiger partial charge in [-0.2, -0.15) is 0 Å². The highest BCUT2D eigenvalue weighted by atomic mass is 16.6. The number of hydrogen-bond donors (Lipinski definition) is 0. The molecule has 1 amide bonds. The van der Waals surface area contributed by atoms with E-state index in [9.17, 15) is 9.59 Å². The molecule has 1 fully saturated rings. The molecule has 2 aromatic carbocycles. The SMILES string of the molecule is Cc1noc(C)c1COc1cc2ccccc2cc1C(=O)O[C@H](C)C(=O)N1CCCC1. The molecule has 0 unspecified atom stereocenters. The second-order valence-corrected chi connectivity index (χ2v) is 7.87. The van der Waals surface area contributed by atoms with Gasteiger partial charge in [0.25, 0.3) is 5.91 Å². The van der Waals surface area contributed by atoms with E-state index < -0.39 is 12.1 Å². The van der Waals surface area contributed by atoms with Crippen LogP contribution in [0.3, 0.4) is 0 Å². The fourth-order valence-corrected chi connectivity index (χ4v) is 3.83. The number of fused-ring (bicyclic) bond motifs is 1. The number of aryl methyl sites for hydroxylation is 2. The summed E-state index contributed by atoms with van der Waals surface area (Å²) in [5.41, 5.74) is 1.86. The summed E-state index contributed by atoms with van der Waals surface area (Å²) < 4.78 is 16.8. The molecule has 0 radical (unpaired) electrons. The van der Waals surface area contributed by atoms with Gasteiger partial charge in [-0.1, -0.05) is 29.4 Å². The summed E-state index contributed by atoms with van der Waals surface area (Å²) in [6, 6.07) is 11.3. The van der Waals surface area contributed by atoms with Crippen LogP contribution in [0.15, 0.2) is 40.9 Å². The number of carbonyl (C=O) groups excluding carboxylic acids is 2. The number of hydrogen-bond acceptors (Lipinski definition) is 6. The van der Waals surface area contributed by atoms with E-state index >= 15 is 0 Å². The number of carbonyl (C=O) groups is 2. The van der Waals surface area contributed by atoms with Crippen molar-refractivity contribution in [1.29, 1.82) is 0 Å². The average molecular weight is 422 g/mol. The fraction of sp³-hybridized carbons (Fsp3) is 0.375. The Morgan fingerprint density at radius 2 is 1.81 bits per heavy atom. The van der Waals surface area contributed by atoms with Gasteiger partial charge in [0.2, 0.25) is 0 Å². The fourth-order valence-electron chi connectivity index (χ4n) is 3.83. The van der Waals surface area contributed by atoms with E-state index in [0.29, 0.717) is 24.6 Å². The Morgan fingerprint density at radius 3 is 2.45 bits per heavy atom. The molecular weight excluding hydrogens is 396 g/mol. The first-order chi connectivity index (χ1) is 14.9. The zero-order valence-electron chi connectivity index (χ0n) is 18.0. The molecule has 0 bridgehead atoms. The van der Waals surface area contributed by atoms with Crippen LogP contribution in [0.1, 0.15) is 47.1 Å². The largest absolute Gasteiger partial charge is 0.488 e. The number of benzene rings is 2. The van der Waals surface area contributed by atoms with Crippen molar-refractivity contribution in [3.05, 3.63) is 59.0 Å². The van der Waals surface area contributed by atoms with Gasteiger partial charge in [0, 0.05) is 13.1 Å². The lowest BCUT2D eigenvalue weighted by atomic mass is 10.1. The van der Waals surface area contributed by atoms with Gasteiger partial charge >= 0.3 is 5.97 Å². The van der Waals surface area contributed by atoms with Crippen LogP contribution in [0.5, 0.6) is 5.75 Å². The predicted molar refractivity (Wildman–Crippen MR) is 115 cm³/mol. The Balaban J connectivity index is 1.59. The third-order valence-corrected chi connectivity index (χ3v) is 5.67. The number of ether oxygens (including phenoxy) is 2. The van der Waals surface area contributed by atoms with Gasteiger partial charge in [0.05, 0.1) is 11.3 Å². The summed E-state index contributed by atoms with van der Waals surface area (Å²) in [5.74, 6) is 0.321. The second-order valence-electron chi connectivity index (χ2n) is 7.87. The first-order valence-corrected chi connectivity index (χ1v) is 10.5. The number of esters is 1. The molecule has 7 heteroatoms. The number of rotatable bonds is 6.